The van der Waals surface area contributed by atoms with E-state index in [1.54, 1.807) is 7.11 Å². The van der Waals surface area contributed by atoms with Crippen molar-refractivity contribution in [3.05, 3.63) is 95.6 Å². The van der Waals surface area contributed by atoms with Gasteiger partial charge in [-0.05, 0) is 42.3 Å². The van der Waals surface area contributed by atoms with Gasteiger partial charge < -0.3 is 10.1 Å². The number of methoxy groups -OCH3 is 1. The molecule has 1 N–H and O–H groups in total. The minimum Gasteiger partial charge on any atom is -0.497 e. The summed E-state index contributed by atoms with van der Waals surface area (Å²) in [4.78, 5) is 13.6. The van der Waals surface area contributed by atoms with Gasteiger partial charge in [0.05, 0.1) is 18.9 Å². The molecule has 3 aromatic carbocycles. The van der Waals surface area contributed by atoms with Crippen LogP contribution in [0, 0.1) is 6.92 Å². The molecule has 0 unspecified atom stereocenters. The molecule has 27 heavy (non-hydrogen) atoms. The lowest BCUT2D eigenvalue weighted by atomic mass is 9.98. The first-order chi connectivity index (χ1) is 13.2. The highest BCUT2D eigenvalue weighted by molar-refractivity contribution is 8.00. The van der Waals surface area contributed by atoms with Crippen LogP contribution >= 0.6 is 11.8 Å². The first kappa shape index (κ1) is 19.1. The van der Waals surface area contributed by atoms with Gasteiger partial charge in [-0.15, -0.1) is 11.8 Å². The average Bonchev–Trinajstić information content (AvgIpc) is 2.72. The molecule has 0 spiro atoms. The lowest BCUT2D eigenvalue weighted by Crippen LogP contribution is -2.30. The van der Waals surface area contributed by atoms with E-state index >= 15 is 0 Å². The Hall–Kier alpha value is -2.72. The summed E-state index contributed by atoms with van der Waals surface area (Å²) in [7, 11) is 1.64. The van der Waals surface area contributed by atoms with E-state index < -0.39 is 0 Å². The molecule has 0 saturated heterocycles. The maximum absolute atomic E-state index is 12.6. The van der Waals surface area contributed by atoms with Crippen LogP contribution in [-0.4, -0.2) is 18.8 Å². The summed E-state index contributed by atoms with van der Waals surface area (Å²) in [5, 5.41) is 3.18. The van der Waals surface area contributed by atoms with Gasteiger partial charge in [-0.3, -0.25) is 4.79 Å². The highest BCUT2D eigenvalue weighted by atomic mass is 32.2. The Kier molecular flexibility index (Phi) is 6.55. The molecule has 3 rings (SSSR count). The summed E-state index contributed by atoms with van der Waals surface area (Å²) >= 11 is 1.51. The van der Waals surface area contributed by atoms with Crippen molar-refractivity contribution in [1.29, 1.82) is 0 Å². The van der Waals surface area contributed by atoms with Gasteiger partial charge >= 0.3 is 0 Å². The van der Waals surface area contributed by atoms with E-state index in [0.717, 1.165) is 21.8 Å². The lowest BCUT2D eigenvalue weighted by molar-refractivity contribution is -0.119. The second-order valence-corrected chi connectivity index (χ2v) is 7.33. The summed E-state index contributed by atoms with van der Waals surface area (Å²) in [6, 6.07) is 25.9. The third-order valence-electron chi connectivity index (χ3n) is 4.28. The van der Waals surface area contributed by atoms with E-state index in [1.165, 1.54) is 17.3 Å². The monoisotopic (exact) mass is 377 g/mol. The van der Waals surface area contributed by atoms with Gasteiger partial charge in [0.25, 0.3) is 0 Å². The number of nitrogens with one attached hydrogen (secondary N) is 1. The van der Waals surface area contributed by atoms with Gasteiger partial charge in [0, 0.05) is 4.90 Å². The topological polar surface area (TPSA) is 38.3 Å². The van der Waals surface area contributed by atoms with E-state index in [1.807, 2.05) is 54.6 Å². The van der Waals surface area contributed by atoms with Crippen LogP contribution in [0.4, 0.5) is 0 Å². The largest absolute Gasteiger partial charge is 0.497 e. The van der Waals surface area contributed by atoms with Crippen LogP contribution in [0.5, 0.6) is 5.75 Å². The fourth-order valence-corrected chi connectivity index (χ4v) is 3.50. The van der Waals surface area contributed by atoms with E-state index in [2.05, 4.69) is 36.5 Å². The molecule has 0 aliphatic rings. The van der Waals surface area contributed by atoms with Gasteiger partial charge in [-0.2, -0.15) is 0 Å². The van der Waals surface area contributed by atoms with Gasteiger partial charge in [-0.1, -0.05) is 60.2 Å². The highest BCUT2D eigenvalue weighted by Gasteiger charge is 2.16. The van der Waals surface area contributed by atoms with E-state index in [4.69, 9.17) is 4.74 Å². The Morgan fingerprint density at radius 2 is 1.56 bits per heavy atom. The molecule has 0 fully saturated rings. The number of ether oxygens (including phenoxy) is 1. The average molecular weight is 378 g/mol. The second kappa shape index (κ2) is 9.28. The SMILES string of the molecule is COc1ccc(SCC(=O)N[C@H](c2ccccc2)c2ccc(C)cc2)cc1. The third kappa shape index (κ3) is 5.38. The smallest absolute Gasteiger partial charge is 0.231 e. The number of hydrogen-bond acceptors (Lipinski definition) is 3. The van der Waals surface area contributed by atoms with E-state index in [9.17, 15) is 4.79 Å². The van der Waals surface area contributed by atoms with Crippen LogP contribution in [-0.2, 0) is 4.79 Å². The fourth-order valence-electron chi connectivity index (χ4n) is 2.79. The summed E-state index contributed by atoms with van der Waals surface area (Å²) in [5.41, 5.74) is 3.35. The van der Waals surface area contributed by atoms with Gasteiger partial charge in [0.2, 0.25) is 5.91 Å². The van der Waals surface area contributed by atoms with Crippen LogP contribution in [0.3, 0.4) is 0 Å². The van der Waals surface area contributed by atoms with Crippen molar-refractivity contribution in [3.8, 4) is 5.75 Å². The molecule has 0 aliphatic heterocycles. The first-order valence-electron chi connectivity index (χ1n) is 8.83. The normalized spacial score (nSPS) is 11.6. The van der Waals surface area contributed by atoms with Crippen LogP contribution in [0.1, 0.15) is 22.7 Å². The van der Waals surface area contributed by atoms with E-state index in [-0.39, 0.29) is 11.9 Å². The summed E-state index contributed by atoms with van der Waals surface area (Å²) in [6.45, 7) is 2.06. The van der Waals surface area contributed by atoms with Crippen molar-refractivity contribution >= 4 is 17.7 Å². The molecule has 0 radical (unpaired) electrons. The summed E-state index contributed by atoms with van der Waals surface area (Å²) in [6.07, 6.45) is 0. The second-order valence-electron chi connectivity index (χ2n) is 6.29. The molecule has 1 atom stereocenters. The zero-order chi connectivity index (χ0) is 19.1. The molecular weight excluding hydrogens is 354 g/mol. The Morgan fingerprint density at radius 3 is 2.19 bits per heavy atom. The summed E-state index contributed by atoms with van der Waals surface area (Å²) in [5.74, 6) is 1.18. The van der Waals surface area contributed by atoms with Crippen molar-refractivity contribution in [2.45, 2.75) is 17.9 Å². The zero-order valence-corrected chi connectivity index (χ0v) is 16.3. The number of benzene rings is 3. The Balaban J connectivity index is 1.69. The molecule has 0 saturated carbocycles. The predicted octanol–water partition coefficient (Wildman–Crippen LogP) is 5.00. The predicted molar refractivity (Wildman–Crippen MR) is 111 cm³/mol. The van der Waals surface area contributed by atoms with Crippen LogP contribution < -0.4 is 10.1 Å². The van der Waals surface area contributed by atoms with Crippen LogP contribution in [0.25, 0.3) is 0 Å². The molecule has 4 heteroatoms. The standard InChI is InChI=1S/C23H23NO2S/c1-17-8-10-19(11-9-17)23(18-6-4-3-5-7-18)24-22(25)16-27-21-14-12-20(26-2)13-15-21/h3-15,23H,16H2,1-2H3,(H,24,25)/t23-/m1/s1. The number of amides is 1. The molecule has 138 valence electrons. The number of carbonyl (C=O) groups excluding carboxylic acids is 1. The van der Waals surface area contributed by atoms with E-state index in [0.29, 0.717) is 5.75 Å². The minimum atomic E-state index is -0.157. The van der Waals surface area contributed by atoms with Gasteiger partial charge in [0.15, 0.2) is 0 Å². The Bertz CT molecular complexity index is 861. The van der Waals surface area contributed by atoms with Crippen molar-refractivity contribution in [2.75, 3.05) is 12.9 Å². The summed E-state index contributed by atoms with van der Waals surface area (Å²) < 4.78 is 5.17. The molecule has 0 aromatic heterocycles. The maximum atomic E-state index is 12.6. The molecule has 3 nitrogen and oxygen atoms in total. The highest BCUT2D eigenvalue weighted by Crippen LogP contribution is 2.24. The van der Waals surface area contributed by atoms with Crippen LogP contribution in [0.2, 0.25) is 0 Å². The lowest BCUT2D eigenvalue weighted by Gasteiger charge is -2.20. The number of hydrogen-bond donors (Lipinski definition) is 1. The van der Waals surface area contributed by atoms with Crippen molar-refractivity contribution in [3.63, 3.8) is 0 Å². The Morgan fingerprint density at radius 1 is 0.926 bits per heavy atom. The molecule has 0 aliphatic carbocycles. The van der Waals surface area contributed by atoms with Crippen molar-refractivity contribution in [1.82, 2.24) is 5.32 Å². The first-order valence-corrected chi connectivity index (χ1v) is 9.82. The Labute approximate surface area is 164 Å². The van der Waals surface area contributed by atoms with Crippen molar-refractivity contribution < 1.29 is 9.53 Å². The third-order valence-corrected chi connectivity index (χ3v) is 5.29. The van der Waals surface area contributed by atoms with Gasteiger partial charge in [0.1, 0.15) is 5.75 Å². The number of rotatable bonds is 7. The molecule has 0 heterocycles. The van der Waals surface area contributed by atoms with Crippen molar-refractivity contribution in [2.24, 2.45) is 0 Å². The van der Waals surface area contributed by atoms with Crippen LogP contribution in [0.15, 0.2) is 83.8 Å². The fraction of sp³-hybridized carbons (Fsp3) is 0.174. The zero-order valence-electron chi connectivity index (χ0n) is 15.5. The maximum Gasteiger partial charge on any atom is 0.231 e. The molecular formula is C23H23NO2S. The molecule has 0 bridgehead atoms. The molecule has 1 amide bonds. The van der Waals surface area contributed by atoms with Gasteiger partial charge in [-0.25, -0.2) is 0 Å². The quantitative estimate of drug-likeness (QED) is 0.589. The minimum absolute atomic E-state index is 0.00486. The number of aryl methyl sites for hydroxylation is 1. The number of carbonyl (C=O) groups is 1. The molecule has 3 aromatic rings. The number of thioether (sulfide) groups is 1.